The number of thioether (sulfide) groups is 1. The van der Waals surface area contributed by atoms with Crippen molar-refractivity contribution >= 4 is 11.8 Å². The van der Waals surface area contributed by atoms with E-state index in [0.29, 0.717) is 5.92 Å². The largest absolute Gasteiger partial charge is 0.120 e. The van der Waals surface area contributed by atoms with E-state index in [2.05, 4.69) is 98.7 Å². The highest BCUT2D eigenvalue weighted by molar-refractivity contribution is 8.00. The third-order valence-corrected chi connectivity index (χ3v) is 6.74. The molecule has 1 atom stereocenters. The lowest BCUT2D eigenvalue weighted by atomic mass is 9.76. The molecular weight excluding hydrogens is 332 g/mol. The van der Waals surface area contributed by atoms with Crippen molar-refractivity contribution in [3.05, 3.63) is 64.2 Å². The third-order valence-electron chi connectivity index (χ3n) is 5.45. The fourth-order valence-electron chi connectivity index (χ4n) is 3.49. The van der Waals surface area contributed by atoms with E-state index in [1.54, 1.807) is 0 Å². The second kappa shape index (κ2) is 7.80. The Morgan fingerprint density at radius 1 is 0.846 bits per heavy atom. The van der Waals surface area contributed by atoms with Gasteiger partial charge in [-0.15, -0.1) is 11.8 Å². The van der Waals surface area contributed by atoms with Crippen molar-refractivity contribution in [1.29, 1.82) is 0 Å². The van der Waals surface area contributed by atoms with Crippen LogP contribution < -0.4 is 0 Å². The van der Waals surface area contributed by atoms with Crippen LogP contribution in [0.2, 0.25) is 0 Å². The molecule has 2 rings (SSSR count). The molecule has 2 aromatic rings. The number of aryl methyl sites for hydroxylation is 2. The normalized spacial score (nSPS) is 13.7. The lowest BCUT2D eigenvalue weighted by molar-refractivity contribution is 0.636. The standard InChI is InChI=1S/C25H36S/c1-10-17(2)22-13-11-20(15-18(22)3)25(8,9)21-12-14-23(19(4)16-21)26-24(5,6)7/h11-17H,10H2,1-9H3. The molecule has 2 aromatic carbocycles. The van der Waals surface area contributed by atoms with E-state index < -0.39 is 0 Å². The van der Waals surface area contributed by atoms with Crippen LogP contribution in [0.3, 0.4) is 0 Å². The van der Waals surface area contributed by atoms with Gasteiger partial charge in [-0.1, -0.05) is 78.8 Å². The molecule has 0 aliphatic rings. The van der Waals surface area contributed by atoms with Gasteiger partial charge in [0.15, 0.2) is 0 Å². The summed E-state index contributed by atoms with van der Waals surface area (Å²) in [6.07, 6.45) is 1.19. The first-order valence-corrected chi connectivity index (χ1v) is 10.7. The lowest BCUT2D eigenvalue weighted by Crippen LogP contribution is -2.20. The second-order valence-electron chi connectivity index (χ2n) is 9.20. The van der Waals surface area contributed by atoms with Gasteiger partial charge in [0.1, 0.15) is 0 Å². The topological polar surface area (TPSA) is 0 Å². The molecule has 0 nitrogen and oxygen atoms in total. The summed E-state index contributed by atoms with van der Waals surface area (Å²) < 4.78 is 0.241. The molecule has 1 heteroatoms. The Morgan fingerprint density at radius 3 is 1.85 bits per heavy atom. The van der Waals surface area contributed by atoms with Gasteiger partial charge in [-0.2, -0.15) is 0 Å². The summed E-state index contributed by atoms with van der Waals surface area (Å²) >= 11 is 1.95. The van der Waals surface area contributed by atoms with E-state index in [9.17, 15) is 0 Å². The van der Waals surface area contributed by atoms with Gasteiger partial charge in [-0.3, -0.25) is 0 Å². The molecule has 0 fully saturated rings. The summed E-state index contributed by atoms with van der Waals surface area (Å²) in [4.78, 5) is 1.39. The fourth-order valence-corrected chi connectivity index (χ4v) is 4.50. The van der Waals surface area contributed by atoms with Crippen molar-refractivity contribution in [2.75, 3.05) is 0 Å². The van der Waals surface area contributed by atoms with Crippen LogP contribution in [0.4, 0.5) is 0 Å². The van der Waals surface area contributed by atoms with Crippen LogP contribution in [0.25, 0.3) is 0 Å². The van der Waals surface area contributed by atoms with Gasteiger partial charge in [-0.05, 0) is 60.1 Å². The molecule has 0 aliphatic carbocycles. The molecule has 0 aromatic heterocycles. The molecule has 0 heterocycles. The smallest absolute Gasteiger partial charge is 0.0146 e. The Balaban J connectivity index is 2.38. The minimum absolute atomic E-state index is 0.00836. The lowest BCUT2D eigenvalue weighted by Gasteiger charge is -2.29. The van der Waals surface area contributed by atoms with Gasteiger partial charge in [-0.25, -0.2) is 0 Å². The van der Waals surface area contributed by atoms with E-state index in [1.807, 2.05) is 11.8 Å². The van der Waals surface area contributed by atoms with Crippen LogP contribution in [0.15, 0.2) is 41.3 Å². The predicted molar refractivity (Wildman–Crippen MR) is 119 cm³/mol. The first-order chi connectivity index (χ1) is 12.0. The third kappa shape index (κ3) is 4.74. The van der Waals surface area contributed by atoms with E-state index in [0.717, 1.165) is 0 Å². The van der Waals surface area contributed by atoms with Crippen molar-refractivity contribution in [3.8, 4) is 0 Å². The number of rotatable bonds is 5. The average Bonchev–Trinajstić information content (AvgIpc) is 2.54. The first-order valence-electron chi connectivity index (χ1n) is 9.87. The zero-order valence-electron chi connectivity index (χ0n) is 18.2. The minimum Gasteiger partial charge on any atom is -0.120 e. The summed E-state index contributed by atoms with van der Waals surface area (Å²) in [5.74, 6) is 0.628. The van der Waals surface area contributed by atoms with Gasteiger partial charge in [0.2, 0.25) is 0 Å². The van der Waals surface area contributed by atoms with E-state index in [1.165, 1.54) is 39.1 Å². The molecule has 142 valence electrons. The van der Waals surface area contributed by atoms with Crippen molar-refractivity contribution in [3.63, 3.8) is 0 Å². The molecule has 0 radical (unpaired) electrons. The van der Waals surface area contributed by atoms with Gasteiger partial charge in [0, 0.05) is 15.1 Å². The zero-order chi connectivity index (χ0) is 19.7. The van der Waals surface area contributed by atoms with Gasteiger partial charge < -0.3 is 0 Å². The van der Waals surface area contributed by atoms with Crippen molar-refractivity contribution < 1.29 is 0 Å². The van der Waals surface area contributed by atoms with Crippen LogP contribution >= 0.6 is 11.8 Å². The molecule has 0 amide bonds. The highest BCUT2D eigenvalue weighted by atomic mass is 32.2. The quantitative estimate of drug-likeness (QED) is 0.481. The summed E-state index contributed by atoms with van der Waals surface area (Å²) in [5.41, 5.74) is 7.08. The molecule has 0 N–H and O–H groups in total. The van der Waals surface area contributed by atoms with E-state index in [-0.39, 0.29) is 10.2 Å². The van der Waals surface area contributed by atoms with Crippen LogP contribution in [-0.4, -0.2) is 4.75 Å². The fraction of sp³-hybridized carbons (Fsp3) is 0.520. The predicted octanol–water partition coefficient (Wildman–Crippen LogP) is 8.03. The molecule has 0 saturated heterocycles. The Bertz CT molecular complexity index is 762. The first kappa shape index (κ1) is 21.1. The van der Waals surface area contributed by atoms with Gasteiger partial charge >= 0.3 is 0 Å². The molecule has 0 saturated carbocycles. The van der Waals surface area contributed by atoms with Crippen LogP contribution in [0.1, 0.15) is 88.6 Å². The summed E-state index contributed by atoms with van der Waals surface area (Å²) in [5, 5.41) is 0. The maximum Gasteiger partial charge on any atom is 0.0146 e. The highest BCUT2D eigenvalue weighted by Gasteiger charge is 2.25. The van der Waals surface area contributed by atoms with Crippen LogP contribution in [0, 0.1) is 13.8 Å². The average molecular weight is 369 g/mol. The van der Waals surface area contributed by atoms with Crippen LogP contribution in [-0.2, 0) is 5.41 Å². The van der Waals surface area contributed by atoms with Gasteiger partial charge in [0.25, 0.3) is 0 Å². The Hall–Kier alpha value is -1.21. The summed E-state index contributed by atoms with van der Waals surface area (Å²) in [6, 6.07) is 14.1. The maximum absolute atomic E-state index is 2.40. The second-order valence-corrected chi connectivity index (χ2v) is 11.1. The maximum atomic E-state index is 2.40. The van der Waals surface area contributed by atoms with Crippen molar-refractivity contribution in [2.45, 2.75) is 89.7 Å². The number of hydrogen-bond donors (Lipinski definition) is 0. The number of benzene rings is 2. The molecule has 0 spiro atoms. The molecule has 0 bridgehead atoms. The van der Waals surface area contributed by atoms with Crippen molar-refractivity contribution in [2.24, 2.45) is 0 Å². The van der Waals surface area contributed by atoms with E-state index in [4.69, 9.17) is 0 Å². The SMILES string of the molecule is CCC(C)c1ccc(C(C)(C)c2ccc(SC(C)(C)C)c(C)c2)cc1C. The highest BCUT2D eigenvalue weighted by Crippen LogP contribution is 2.38. The molecular formula is C25H36S. The van der Waals surface area contributed by atoms with E-state index >= 15 is 0 Å². The van der Waals surface area contributed by atoms with Crippen LogP contribution in [0.5, 0.6) is 0 Å². The number of hydrogen-bond acceptors (Lipinski definition) is 1. The Morgan fingerprint density at radius 2 is 1.38 bits per heavy atom. The van der Waals surface area contributed by atoms with Gasteiger partial charge in [0.05, 0.1) is 0 Å². The minimum atomic E-state index is 0.00836. The van der Waals surface area contributed by atoms with Crippen molar-refractivity contribution in [1.82, 2.24) is 0 Å². The molecule has 1 unspecified atom stereocenters. The zero-order valence-corrected chi connectivity index (χ0v) is 19.0. The molecule has 0 aliphatic heterocycles. The molecule has 26 heavy (non-hydrogen) atoms. The monoisotopic (exact) mass is 368 g/mol. The summed E-state index contributed by atoms with van der Waals surface area (Å²) in [6.45, 7) is 20.6. The summed E-state index contributed by atoms with van der Waals surface area (Å²) in [7, 11) is 0. The Labute approximate surface area is 165 Å². The Kier molecular flexibility index (Phi) is 6.33.